The molecule has 0 aliphatic carbocycles. The zero-order valence-electron chi connectivity index (χ0n) is 10.0. The fraction of sp³-hybridized carbons (Fsp3) is 0.462. The molecule has 2 N–H and O–H groups in total. The standard InChI is InChI=1S/C13H16F2N2O/c14-11-4-3-9(6-12(11)15)7-13(18)17-10-2-1-5-16-8-10/h3-4,6,10,16H,1-2,5,7-8H2,(H,17,18)/t10-/m0/s1. The molecule has 0 aromatic heterocycles. The first-order chi connectivity index (χ1) is 8.65. The van der Waals surface area contributed by atoms with Gasteiger partial charge in [0.2, 0.25) is 5.91 Å². The normalized spacial score (nSPS) is 19.6. The highest BCUT2D eigenvalue weighted by Crippen LogP contribution is 2.09. The first-order valence-corrected chi connectivity index (χ1v) is 6.09. The molecular weight excluding hydrogens is 238 g/mol. The molecular formula is C13H16F2N2O. The SMILES string of the molecule is O=C(Cc1ccc(F)c(F)c1)N[C@H]1CCCNC1. The van der Waals surface area contributed by atoms with E-state index < -0.39 is 11.6 Å². The second-order valence-corrected chi connectivity index (χ2v) is 4.54. The number of hydrogen-bond acceptors (Lipinski definition) is 2. The van der Waals surface area contributed by atoms with Gasteiger partial charge in [0, 0.05) is 12.6 Å². The smallest absolute Gasteiger partial charge is 0.224 e. The molecule has 3 nitrogen and oxygen atoms in total. The van der Waals surface area contributed by atoms with Crippen LogP contribution in [-0.4, -0.2) is 25.0 Å². The van der Waals surface area contributed by atoms with E-state index >= 15 is 0 Å². The number of benzene rings is 1. The molecule has 18 heavy (non-hydrogen) atoms. The Kier molecular flexibility index (Phi) is 4.25. The van der Waals surface area contributed by atoms with Crippen molar-refractivity contribution in [1.82, 2.24) is 10.6 Å². The maximum Gasteiger partial charge on any atom is 0.224 e. The van der Waals surface area contributed by atoms with E-state index in [2.05, 4.69) is 10.6 Å². The summed E-state index contributed by atoms with van der Waals surface area (Å²) in [5.41, 5.74) is 0.482. The minimum atomic E-state index is -0.917. The first kappa shape index (κ1) is 13.0. The Morgan fingerprint density at radius 3 is 2.89 bits per heavy atom. The van der Waals surface area contributed by atoms with Gasteiger partial charge >= 0.3 is 0 Å². The molecule has 1 atom stereocenters. The highest BCUT2D eigenvalue weighted by atomic mass is 19.2. The lowest BCUT2D eigenvalue weighted by Crippen LogP contribution is -2.46. The number of rotatable bonds is 3. The lowest BCUT2D eigenvalue weighted by molar-refractivity contribution is -0.121. The fourth-order valence-corrected chi connectivity index (χ4v) is 2.09. The number of halogens is 2. The summed E-state index contributed by atoms with van der Waals surface area (Å²) < 4.78 is 25.7. The number of amides is 1. The number of carbonyl (C=O) groups is 1. The first-order valence-electron chi connectivity index (χ1n) is 6.09. The molecule has 1 heterocycles. The maximum atomic E-state index is 13.0. The van der Waals surface area contributed by atoms with Crippen molar-refractivity contribution in [1.29, 1.82) is 0 Å². The second kappa shape index (κ2) is 5.91. The number of nitrogens with one attached hydrogen (secondary N) is 2. The molecule has 1 fully saturated rings. The third kappa shape index (κ3) is 3.50. The summed E-state index contributed by atoms with van der Waals surface area (Å²) >= 11 is 0. The van der Waals surface area contributed by atoms with Crippen molar-refractivity contribution in [3.8, 4) is 0 Å². The van der Waals surface area contributed by atoms with Gasteiger partial charge < -0.3 is 10.6 Å². The topological polar surface area (TPSA) is 41.1 Å². The van der Waals surface area contributed by atoms with Gasteiger partial charge in [0.15, 0.2) is 11.6 Å². The van der Waals surface area contributed by atoms with E-state index in [0.29, 0.717) is 5.56 Å². The van der Waals surface area contributed by atoms with Crippen LogP contribution in [0.15, 0.2) is 18.2 Å². The average Bonchev–Trinajstić information content (AvgIpc) is 2.35. The van der Waals surface area contributed by atoms with E-state index in [0.717, 1.165) is 38.1 Å². The fourth-order valence-electron chi connectivity index (χ4n) is 2.09. The van der Waals surface area contributed by atoms with E-state index in [1.807, 2.05) is 0 Å². The van der Waals surface area contributed by atoms with Crippen molar-refractivity contribution >= 4 is 5.91 Å². The van der Waals surface area contributed by atoms with Crippen LogP contribution in [0.3, 0.4) is 0 Å². The van der Waals surface area contributed by atoms with Crippen LogP contribution < -0.4 is 10.6 Å². The highest BCUT2D eigenvalue weighted by molar-refractivity contribution is 5.78. The van der Waals surface area contributed by atoms with Crippen molar-refractivity contribution in [2.24, 2.45) is 0 Å². The van der Waals surface area contributed by atoms with Gasteiger partial charge in [-0.2, -0.15) is 0 Å². The summed E-state index contributed by atoms with van der Waals surface area (Å²) in [4.78, 5) is 11.7. The predicted molar refractivity (Wildman–Crippen MR) is 64.1 cm³/mol. The third-order valence-corrected chi connectivity index (χ3v) is 3.01. The van der Waals surface area contributed by atoms with Crippen molar-refractivity contribution in [3.63, 3.8) is 0 Å². The Hall–Kier alpha value is -1.49. The Morgan fingerprint density at radius 1 is 1.39 bits per heavy atom. The molecule has 1 amide bonds. The van der Waals surface area contributed by atoms with E-state index in [1.54, 1.807) is 0 Å². The summed E-state index contributed by atoms with van der Waals surface area (Å²) in [5, 5.41) is 6.08. The van der Waals surface area contributed by atoms with Gasteiger partial charge in [0.05, 0.1) is 6.42 Å². The molecule has 0 radical (unpaired) electrons. The van der Waals surface area contributed by atoms with E-state index in [4.69, 9.17) is 0 Å². The monoisotopic (exact) mass is 254 g/mol. The molecule has 0 spiro atoms. The molecule has 0 bridgehead atoms. The second-order valence-electron chi connectivity index (χ2n) is 4.54. The number of carbonyl (C=O) groups excluding carboxylic acids is 1. The Labute approximate surface area is 105 Å². The van der Waals surface area contributed by atoms with Crippen molar-refractivity contribution in [3.05, 3.63) is 35.4 Å². The molecule has 5 heteroatoms. The number of hydrogen-bond donors (Lipinski definition) is 2. The zero-order chi connectivity index (χ0) is 13.0. The highest BCUT2D eigenvalue weighted by Gasteiger charge is 2.15. The van der Waals surface area contributed by atoms with E-state index in [-0.39, 0.29) is 18.4 Å². The molecule has 1 saturated heterocycles. The van der Waals surface area contributed by atoms with Crippen LogP contribution in [0.4, 0.5) is 8.78 Å². The molecule has 1 aliphatic rings. The van der Waals surface area contributed by atoms with Gasteiger partial charge in [0.1, 0.15) is 0 Å². The van der Waals surface area contributed by atoms with Crippen LogP contribution in [0.5, 0.6) is 0 Å². The van der Waals surface area contributed by atoms with Gasteiger partial charge in [-0.05, 0) is 37.1 Å². The van der Waals surface area contributed by atoms with Crippen molar-refractivity contribution in [2.45, 2.75) is 25.3 Å². The van der Waals surface area contributed by atoms with Crippen LogP contribution in [-0.2, 0) is 11.2 Å². The summed E-state index contributed by atoms with van der Waals surface area (Å²) in [5.74, 6) is -1.97. The maximum absolute atomic E-state index is 13.0. The quantitative estimate of drug-likeness (QED) is 0.855. The van der Waals surface area contributed by atoms with Crippen LogP contribution in [0.25, 0.3) is 0 Å². The van der Waals surface area contributed by atoms with Crippen LogP contribution in [0, 0.1) is 11.6 Å². The third-order valence-electron chi connectivity index (χ3n) is 3.01. The van der Waals surface area contributed by atoms with Gasteiger partial charge in [-0.25, -0.2) is 8.78 Å². The molecule has 1 aromatic rings. The van der Waals surface area contributed by atoms with Gasteiger partial charge in [-0.1, -0.05) is 6.07 Å². The molecule has 98 valence electrons. The van der Waals surface area contributed by atoms with Crippen LogP contribution >= 0.6 is 0 Å². The molecule has 0 unspecified atom stereocenters. The van der Waals surface area contributed by atoms with Crippen molar-refractivity contribution in [2.75, 3.05) is 13.1 Å². The molecule has 1 aliphatic heterocycles. The average molecular weight is 254 g/mol. The summed E-state index contributed by atoms with van der Waals surface area (Å²) in [6, 6.07) is 3.67. The summed E-state index contributed by atoms with van der Waals surface area (Å²) in [6.07, 6.45) is 2.07. The predicted octanol–water partition coefficient (Wildman–Crippen LogP) is 1.38. The number of piperidine rings is 1. The lowest BCUT2D eigenvalue weighted by atomic mass is 10.1. The molecule has 2 rings (SSSR count). The zero-order valence-corrected chi connectivity index (χ0v) is 10.0. The van der Waals surface area contributed by atoms with E-state index in [1.165, 1.54) is 6.07 Å². The molecule has 0 saturated carbocycles. The summed E-state index contributed by atoms with van der Waals surface area (Å²) in [7, 11) is 0. The minimum absolute atomic E-state index is 0.0771. The largest absolute Gasteiger partial charge is 0.352 e. The lowest BCUT2D eigenvalue weighted by Gasteiger charge is -2.23. The Bertz CT molecular complexity index is 431. The Balaban J connectivity index is 1.88. The van der Waals surface area contributed by atoms with Gasteiger partial charge in [-0.15, -0.1) is 0 Å². The van der Waals surface area contributed by atoms with Gasteiger partial charge in [-0.3, -0.25) is 4.79 Å². The van der Waals surface area contributed by atoms with Crippen molar-refractivity contribution < 1.29 is 13.6 Å². The Morgan fingerprint density at radius 2 is 2.22 bits per heavy atom. The minimum Gasteiger partial charge on any atom is -0.352 e. The van der Waals surface area contributed by atoms with E-state index in [9.17, 15) is 13.6 Å². The van der Waals surface area contributed by atoms with Gasteiger partial charge in [0.25, 0.3) is 0 Å². The summed E-state index contributed by atoms with van der Waals surface area (Å²) in [6.45, 7) is 1.75. The molecule has 1 aromatic carbocycles. The van der Waals surface area contributed by atoms with Crippen LogP contribution in [0.2, 0.25) is 0 Å². The van der Waals surface area contributed by atoms with Crippen LogP contribution in [0.1, 0.15) is 18.4 Å².